The highest BCUT2D eigenvalue weighted by Gasteiger charge is 2.50. The molecule has 7 N–H and O–H groups in total. The van der Waals surface area contributed by atoms with E-state index in [2.05, 4.69) is 10.2 Å². The molecule has 2 saturated heterocycles. The van der Waals surface area contributed by atoms with Crippen molar-refractivity contribution in [2.45, 2.75) is 123 Å². The number of halogens is 1. The van der Waals surface area contributed by atoms with E-state index in [4.69, 9.17) is 28.8 Å². The third kappa shape index (κ3) is 11.2. The van der Waals surface area contributed by atoms with Gasteiger partial charge in [0.05, 0.1) is 71.0 Å². The quantitative estimate of drug-likeness (QED) is 0.0389. The number of benzene rings is 3. The Morgan fingerprint density at radius 2 is 1.55 bits per heavy atom. The van der Waals surface area contributed by atoms with Crippen LogP contribution < -0.4 is 25.1 Å². The number of aliphatic hydroxyl groups excluding tert-OH is 2. The number of aromatic hydroxyl groups is 3. The van der Waals surface area contributed by atoms with E-state index in [-0.39, 0.29) is 73.4 Å². The fourth-order valence-corrected chi connectivity index (χ4v) is 12.4. The number of esters is 1. The number of allylic oxidation sites excluding steroid dienone is 2. The molecule has 5 aliphatic heterocycles. The van der Waals surface area contributed by atoms with Gasteiger partial charge in [0.25, 0.3) is 11.7 Å². The highest BCUT2D eigenvalue weighted by molar-refractivity contribution is 6.24. The molecule has 5 bridgehead atoms. The molecule has 1 saturated carbocycles. The number of ketones is 1. The maximum Gasteiger partial charge on any atom is 0.341 e. The van der Waals surface area contributed by atoms with E-state index >= 15 is 4.39 Å². The van der Waals surface area contributed by atoms with Crippen molar-refractivity contribution in [3.05, 3.63) is 86.7 Å². The molecule has 3 fully saturated rings. The van der Waals surface area contributed by atoms with Gasteiger partial charge in [0.2, 0.25) is 5.43 Å². The maximum atomic E-state index is 16.2. The number of rotatable bonds is 9. The Morgan fingerprint density at radius 1 is 0.869 bits per heavy atom. The number of hydrazone groups is 1. The summed E-state index contributed by atoms with van der Waals surface area (Å²) in [7, 11) is 2.83. The average molecular weight is 1170 g/mol. The SMILES string of the molecule is COc1c(N2CCN(C3CCN(/N=C/c4c5c(O)c6c(O)c(C)c7c(c6c4O)C(=O)[C@@](C)(O/C=C/[C@H](OC)[C@@H](C)[C@@H](OC(C)=O)[C@H](C)[C@H](O)[C@H](C)[C@@H](O)[C@@H](C)/C=C/C=C(/C)C(=O)N5)O7)CC3)CC2)c(F)cc2c(=O)c(C(=O)O)cn(C3CC3)c12. The first-order chi connectivity index (χ1) is 39.8. The number of carbonyl (C=O) groups excluding carboxylic acids is 3. The van der Waals surface area contributed by atoms with Crippen LogP contribution >= 0.6 is 0 Å². The highest BCUT2D eigenvalue weighted by Crippen LogP contribution is 2.55. The monoisotopic (exact) mass is 1170 g/mol. The number of fused-ring (bicyclic) bond motifs is 15. The molecular formula is C61H75FN6O16. The summed E-state index contributed by atoms with van der Waals surface area (Å²) in [5, 5.41) is 78.0. The van der Waals surface area contributed by atoms with E-state index in [0.717, 1.165) is 18.9 Å². The zero-order valence-corrected chi connectivity index (χ0v) is 48.8. The lowest BCUT2D eigenvalue weighted by atomic mass is 9.78. The van der Waals surface area contributed by atoms with Crippen LogP contribution in [0.2, 0.25) is 0 Å². The van der Waals surface area contributed by atoms with Crippen LogP contribution in [0.3, 0.4) is 0 Å². The predicted molar refractivity (Wildman–Crippen MR) is 310 cm³/mol. The standard InChI is InChI=1S/C61H75FN6O16/c1-29-12-11-13-30(2)59(77)64-46-39(27-63-67-19-16-36(17-20-67)65-21-23-66(24-22-65)48-41(62)26-38-47(57(48)81-10)68(37-14-15-37)28-40(52(38)73)60(78)79)53(74)43-44(54(46)75)51(72)34(6)56-45(43)58(76)61(8,84-56)82-25-18-42(80-9)31(3)55(83-35(7)69)33(5)50(71)32(4)49(29)70/h11-13,18,25-29,31-33,36-37,42,49-50,55,70-72,74-75H,14-17,19-24H2,1-10H3,(H,64,77)(H,78,79)/b12-11+,25-18+,30-13-,63-27+/t29-,31+,32+,33+,42-,49-,50+,55+,61-/m0/s1. The number of carbonyl (C=O) groups is 4. The average Bonchev–Trinajstić information content (AvgIpc) is 1.55. The van der Waals surface area contributed by atoms with E-state index in [1.54, 1.807) is 49.4 Å². The third-order valence-corrected chi connectivity index (χ3v) is 17.5. The number of ether oxygens (including phenoxy) is 5. The first-order valence-corrected chi connectivity index (χ1v) is 28.4. The molecule has 1 aliphatic carbocycles. The number of phenolic OH excluding ortho intramolecular Hbond substituents is 3. The minimum absolute atomic E-state index is 0.0101. The molecule has 23 heteroatoms. The molecule has 452 valence electrons. The number of carboxylic acids is 1. The molecular weight excluding hydrogens is 1090 g/mol. The number of nitrogens with zero attached hydrogens (tertiary/aromatic N) is 5. The summed E-state index contributed by atoms with van der Waals surface area (Å²) in [6.07, 6.45) is 8.73. The maximum absolute atomic E-state index is 16.2. The van der Waals surface area contributed by atoms with Crippen LogP contribution in [-0.2, 0) is 23.8 Å². The zero-order chi connectivity index (χ0) is 61.0. The Hall–Kier alpha value is -7.73. The van der Waals surface area contributed by atoms with Crippen molar-refractivity contribution in [3.63, 3.8) is 0 Å². The van der Waals surface area contributed by atoms with E-state index in [0.29, 0.717) is 57.6 Å². The lowest BCUT2D eigenvalue weighted by molar-refractivity contribution is -0.160. The first-order valence-electron chi connectivity index (χ1n) is 28.4. The van der Waals surface area contributed by atoms with Gasteiger partial charge in [-0.1, -0.05) is 45.9 Å². The second-order valence-corrected chi connectivity index (χ2v) is 23.0. The smallest absolute Gasteiger partial charge is 0.341 e. The molecule has 9 atom stereocenters. The highest BCUT2D eigenvalue weighted by atomic mass is 19.1. The van der Waals surface area contributed by atoms with Crippen molar-refractivity contribution in [3.8, 4) is 28.7 Å². The van der Waals surface area contributed by atoms with Crippen LogP contribution in [0.4, 0.5) is 15.8 Å². The van der Waals surface area contributed by atoms with Crippen LogP contribution in [0.15, 0.2) is 58.3 Å². The van der Waals surface area contributed by atoms with E-state index in [1.807, 2.05) is 4.90 Å². The topological polar surface area (TPSA) is 292 Å². The van der Waals surface area contributed by atoms with Gasteiger partial charge in [-0.2, -0.15) is 5.10 Å². The zero-order valence-electron chi connectivity index (χ0n) is 48.8. The molecule has 84 heavy (non-hydrogen) atoms. The number of aromatic nitrogens is 1. The van der Waals surface area contributed by atoms with Crippen molar-refractivity contribution >= 4 is 62.9 Å². The summed E-state index contributed by atoms with van der Waals surface area (Å²) in [5.74, 6) is -10.9. The second-order valence-electron chi connectivity index (χ2n) is 23.0. The molecule has 22 nitrogen and oxygen atoms in total. The van der Waals surface area contributed by atoms with Gasteiger partial charge >= 0.3 is 17.7 Å². The number of amides is 1. The van der Waals surface area contributed by atoms with Gasteiger partial charge in [0.15, 0.2) is 17.3 Å². The summed E-state index contributed by atoms with van der Waals surface area (Å²) >= 11 is 0. The molecule has 3 aromatic carbocycles. The number of pyridine rings is 1. The van der Waals surface area contributed by atoms with Crippen molar-refractivity contribution in [1.29, 1.82) is 0 Å². The number of phenols is 3. The molecule has 0 unspecified atom stereocenters. The Morgan fingerprint density at radius 3 is 2.17 bits per heavy atom. The molecule has 1 aromatic heterocycles. The normalized spacial score (nSPS) is 28.3. The minimum Gasteiger partial charge on any atom is -0.507 e. The van der Waals surface area contributed by atoms with Gasteiger partial charge in [-0.05, 0) is 51.7 Å². The van der Waals surface area contributed by atoms with Gasteiger partial charge in [-0.3, -0.25) is 29.1 Å². The molecule has 6 aliphatic rings. The summed E-state index contributed by atoms with van der Waals surface area (Å²) in [4.78, 5) is 70.9. The number of hydrogen-bond acceptors (Lipinski definition) is 19. The second kappa shape index (κ2) is 24.1. The Balaban J connectivity index is 1.01. The number of methoxy groups -OCH3 is 2. The van der Waals surface area contributed by atoms with Gasteiger partial charge in [-0.15, -0.1) is 0 Å². The summed E-state index contributed by atoms with van der Waals surface area (Å²) < 4.78 is 47.6. The fraction of sp³-hybridized carbons (Fsp3) is 0.508. The number of hydrogen-bond donors (Lipinski definition) is 7. The van der Waals surface area contributed by atoms with Crippen LogP contribution in [0.5, 0.6) is 28.7 Å². The number of aromatic carboxylic acids is 1. The Kier molecular flexibility index (Phi) is 17.5. The van der Waals surface area contributed by atoms with Crippen molar-refractivity contribution in [2.24, 2.45) is 28.8 Å². The fourth-order valence-electron chi connectivity index (χ4n) is 12.4. The molecule has 0 radical (unpaired) electrons. The van der Waals surface area contributed by atoms with Gasteiger partial charge in [-0.25, -0.2) is 9.18 Å². The molecule has 6 heterocycles. The van der Waals surface area contributed by atoms with E-state index in [9.17, 15) is 54.6 Å². The summed E-state index contributed by atoms with van der Waals surface area (Å²) in [5.41, 5.74) is -1.28. The summed E-state index contributed by atoms with van der Waals surface area (Å²) in [6, 6.07) is 1.17. The minimum atomic E-state index is -2.12. The lowest BCUT2D eigenvalue weighted by Crippen LogP contribution is -2.53. The van der Waals surface area contributed by atoms with Gasteiger partial charge in [0, 0.05) is 119 Å². The number of piperazine rings is 1. The van der Waals surface area contributed by atoms with Gasteiger partial charge < -0.3 is 69.1 Å². The number of anilines is 2. The third-order valence-electron chi connectivity index (χ3n) is 17.5. The van der Waals surface area contributed by atoms with E-state index in [1.165, 1.54) is 72.7 Å². The number of carboxylic acid groups (broad SMARTS) is 1. The van der Waals surface area contributed by atoms with Crippen LogP contribution in [0.1, 0.15) is 112 Å². The number of aliphatic hydroxyl groups is 2. The Labute approximate surface area is 485 Å². The number of Topliss-reactive ketones (excluding diaryl/α,β-unsaturated/α-hetero) is 1. The van der Waals surface area contributed by atoms with Crippen LogP contribution in [0.25, 0.3) is 21.7 Å². The first kappa shape index (κ1) is 60.8. The largest absolute Gasteiger partial charge is 0.507 e. The predicted octanol–water partition coefficient (Wildman–Crippen LogP) is 6.87. The lowest BCUT2D eigenvalue weighted by Gasteiger charge is -2.43. The number of nitrogens with one attached hydrogen (secondary N) is 1. The van der Waals surface area contributed by atoms with Crippen molar-refractivity contribution in [2.75, 3.05) is 63.7 Å². The van der Waals surface area contributed by atoms with E-state index < -0.39 is 112 Å². The van der Waals surface area contributed by atoms with Crippen LogP contribution in [0, 0.1) is 36.4 Å². The Bertz CT molecular complexity index is 3470. The molecule has 10 rings (SSSR count). The van der Waals surface area contributed by atoms with Crippen LogP contribution in [-0.4, -0.2) is 165 Å². The van der Waals surface area contributed by atoms with Crippen molar-refractivity contribution in [1.82, 2.24) is 14.5 Å². The molecule has 1 amide bonds. The number of piperidine rings is 1. The summed E-state index contributed by atoms with van der Waals surface area (Å²) in [6.45, 7) is 15.2. The molecule has 0 spiro atoms. The van der Waals surface area contributed by atoms with Gasteiger partial charge in [0.1, 0.15) is 34.6 Å². The molecule has 4 aromatic rings. The van der Waals surface area contributed by atoms with Crippen molar-refractivity contribution < 1.29 is 77.9 Å².